The Bertz CT molecular complexity index is 901. The van der Waals surface area contributed by atoms with Crippen LogP contribution < -0.4 is 5.43 Å². The number of hydrazine groups is 1. The minimum atomic E-state index is -0.414. The first-order chi connectivity index (χ1) is 12.0. The summed E-state index contributed by atoms with van der Waals surface area (Å²) in [6, 6.07) is 13.6. The maximum absolute atomic E-state index is 12.5. The summed E-state index contributed by atoms with van der Waals surface area (Å²) in [6.07, 6.45) is 1.62. The molecule has 0 aliphatic carbocycles. The molecule has 2 amide bonds. The fraction of sp³-hybridized carbons (Fsp3) is 0. The van der Waals surface area contributed by atoms with E-state index in [2.05, 4.69) is 5.43 Å². The number of nitrogens with zero attached hydrogens (tertiary/aromatic N) is 1. The zero-order valence-electron chi connectivity index (χ0n) is 12.5. The maximum Gasteiger partial charge on any atom is 0.285 e. The minimum Gasteiger partial charge on any atom is -0.267 e. The van der Waals surface area contributed by atoms with E-state index in [1.165, 1.54) is 0 Å². The Morgan fingerprint density at radius 3 is 2.56 bits per heavy atom. The van der Waals surface area contributed by atoms with Gasteiger partial charge in [-0.2, -0.15) is 5.01 Å². The molecule has 1 saturated heterocycles. The van der Waals surface area contributed by atoms with Crippen LogP contribution in [0, 0.1) is 0 Å². The predicted molar refractivity (Wildman–Crippen MR) is 105 cm³/mol. The minimum absolute atomic E-state index is 0.241. The molecule has 8 heteroatoms. The van der Waals surface area contributed by atoms with Crippen LogP contribution in [0.4, 0.5) is 0 Å². The Morgan fingerprint density at radius 2 is 1.88 bits per heavy atom. The van der Waals surface area contributed by atoms with Gasteiger partial charge in [0.05, 0.1) is 4.91 Å². The molecule has 25 heavy (non-hydrogen) atoms. The van der Waals surface area contributed by atoms with E-state index in [4.69, 9.17) is 35.4 Å². The summed E-state index contributed by atoms with van der Waals surface area (Å²) in [4.78, 5) is 25.1. The largest absolute Gasteiger partial charge is 0.285 e. The summed E-state index contributed by atoms with van der Waals surface area (Å²) in [5.74, 6) is -0.826. The quantitative estimate of drug-likeness (QED) is 0.598. The van der Waals surface area contributed by atoms with Gasteiger partial charge in [0.25, 0.3) is 11.8 Å². The van der Waals surface area contributed by atoms with Crippen LogP contribution in [-0.4, -0.2) is 21.1 Å². The van der Waals surface area contributed by atoms with Gasteiger partial charge in [0.2, 0.25) is 0 Å². The van der Waals surface area contributed by atoms with Crippen LogP contribution in [0.3, 0.4) is 0 Å². The lowest BCUT2D eigenvalue weighted by atomic mass is 10.2. The second kappa shape index (κ2) is 7.58. The fourth-order valence-electron chi connectivity index (χ4n) is 2.08. The van der Waals surface area contributed by atoms with Gasteiger partial charge < -0.3 is 0 Å². The first kappa shape index (κ1) is 17.9. The first-order valence-corrected chi connectivity index (χ1v) is 9.03. The molecule has 0 spiro atoms. The molecule has 0 aromatic heterocycles. The van der Waals surface area contributed by atoms with Crippen LogP contribution in [0.2, 0.25) is 10.0 Å². The lowest BCUT2D eigenvalue weighted by molar-refractivity contribution is -0.123. The molecule has 0 atom stereocenters. The molecular formula is C17H10Cl2N2O2S2. The Balaban J connectivity index is 1.80. The van der Waals surface area contributed by atoms with Crippen LogP contribution in [0.5, 0.6) is 0 Å². The average molecular weight is 409 g/mol. The van der Waals surface area contributed by atoms with Crippen LogP contribution in [0.15, 0.2) is 53.4 Å². The summed E-state index contributed by atoms with van der Waals surface area (Å²) < 4.78 is 0.241. The van der Waals surface area contributed by atoms with Crippen LogP contribution >= 0.6 is 47.2 Å². The Hall–Kier alpha value is -1.86. The van der Waals surface area contributed by atoms with Gasteiger partial charge >= 0.3 is 0 Å². The molecule has 1 aliphatic heterocycles. The Morgan fingerprint density at radius 1 is 1.16 bits per heavy atom. The number of carbonyl (C=O) groups excluding carboxylic acids is 2. The second-order valence-electron chi connectivity index (χ2n) is 4.99. The third kappa shape index (κ3) is 4.04. The highest BCUT2D eigenvalue weighted by atomic mass is 35.5. The highest BCUT2D eigenvalue weighted by Gasteiger charge is 2.33. The van der Waals surface area contributed by atoms with Crippen molar-refractivity contribution in [2.24, 2.45) is 0 Å². The molecule has 126 valence electrons. The van der Waals surface area contributed by atoms with Crippen molar-refractivity contribution in [3.05, 3.63) is 74.6 Å². The molecule has 4 nitrogen and oxygen atoms in total. The number of nitrogens with one attached hydrogen (secondary N) is 1. The maximum atomic E-state index is 12.5. The van der Waals surface area contributed by atoms with E-state index in [-0.39, 0.29) is 4.32 Å². The zero-order chi connectivity index (χ0) is 18.0. The van der Waals surface area contributed by atoms with Crippen molar-refractivity contribution in [1.29, 1.82) is 0 Å². The van der Waals surface area contributed by atoms with Crippen molar-refractivity contribution in [2.45, 2.75) is 0 Å². The predicted octanol–water partition coefficient (Wildman–Crippen LogP) is 4.54. The van der Waals surface area contributed by atoms with Gasteiger partial charge in [-0.25, -0.2) is 0 Å². The highest BCUT2D eigenvalue weighted by Crippen LogP contribution is 2.33. The lowest BCUT2D eigenvalue weighted by Gasteiger charge is -2.15. The van der Waals surface area contributed by atoms with Crippen molar-refractivity contribution in [3.8, 4) is 0 Å². The summed E-state index contributed by atoms with van der Waals surface area (Å²) in [7, 11) is 0. The number of rotatable bonds is 3. The number of carbonyl (C=O) groups is 2. The van der Waals surface area contributed by atoms with Gasteiger partial charge in [0, 0.05) is 15.6 Å². The fourth-order valence-corrected chi connectivity index (χ4v) is 3.71. The normalized spacial score (nSPS) is 15.8. The number of thiocarbonyl (C=S) groups is 1. The van der Waals surface area contributed by atoms with Gasteiger partial charge in [-0.15, -0.1) is 0 Å². The molecule has 1 N–H and O–H groups in total. The third-order valence-corrected chi connectivity index (χ3v) is 5.16. The lowest BCUT2D eigenvalue weighted by Crippen LogP contribution is -2.44. The van der Waals surface area contributed by atoms with Crippen LogP contribution in [0.25, 0.3) is 6.08 Å². The van der Waals surface area contributed by atoms with E-state index < -0.39 is 11.8 Å². The van der Waals surface area contributed by atoms with E-state index in [1.807, 2.05) is 0 Å². The molecule has 0 saturated carbocycles. The molecule has 0 bridgehead atoms. The Labute approximate surface area is 163 Å². The van der Waals surface area contributed by atoms with Gasteiger partial charge in [-0.3, -0.25) is 15.0 Å². The van der Waals surface area contributed by atoms with E-state index in [9.17, 15) is 9.59 Å². The standard InChI is InChI=1S/C17H10Cl2N2O2S2/c18-12-7-6-11(13(19)9-12)8-14-16(23)21(17(24)25-14)20-15(22)10-4-2-1-3-5-10/h1-9H,(H,20,22)/b14-8-. The van der Waals surface area contributed by atoms with Gasteiger partial charge in [-0.1, -0.05) is 59.2 Å². The molecule has 0 radical (unpaired) electrons. The van der Waals surface area contributed by atoms with Crippen molar-refractivity contribution < 1.29 is 9.59 Å². The van der Waals surface area contributed by atoms with Gasteiger partial charge in [0.1, 0.15) is 0 Å². The number of thioether (sulfide) groups is 1. The Kier molecular flexibility index (Phi) is 5.44. The molecule has 2 aromatic carbocycles. The first-order valence-electron chi connectivity index (χ1n) is 7.05. The summed E-state index contributed by atoms with van der Waals surface area (Å²) in [5, 5.41) is 1.99. The summed E-state index contributed by atoms with van der Waals surface area (Å²) in [6.45, 7) is 0. The average Bonchev–Trinajstić information content (AvgIpc) is 2.85. The highest BCUT2D eigenvalue weighted by molar-refractivity contribution is 8.26. The van der Waals surface area contributed by atoms with E-state index in [1.54, 1.807) is 54.6 Å². The number of hydrogen-bond acceptors (Lipinski definition) is 4. The molecule has 0 unspecified atom stereocenters. The molecule has 2 aromatic rings. The number of halogens is 2. The summed E-state index contributed by atoms with van der Waals surface area (Å²) in [5.41, 5.74) is 3.59. The smallest absolute Gasteiger partial charge is 0.267 e. The van der Waals surface area contributed by atoms with Crippen molar-refractivity contribution in [3.63, 3.8) is 0 Å². The number of benzene rings is 2. The van der Waals surface area contributed by atoms with Crippen molar-refractivity contribution in [1.82, 2.24) is 10.4 Å². The molecule has 3 rings (SSSR count). The topological polar surface area (TPSA) is 49.4 Å². The van der Waals surface area contributed by atoms with Crippen LogP contribution in [-0.2, 0) is 4.79 Å². The molecular weight excluding hydrogens is 399 g/mol. The van der Waals surface area contributed by atoms with E-state index in [0.717, 1.165) is 16.8 Å². The van der Waals surface area contributed by atoms with E-state index in [0.29, 0.717) is 26.1 Å². The molecule has 1 heterocycles. The number of hydrogen-bond donors (Lipinski definition) is 1. The SMILES string of the molecule is O=C(NN1C(=O)/C(=C/c2ccc(Cl)cc2Cl)SC1=S)c1ccccc1. The molecule has 1 fully saturated rings. The van der Waals surface area contributed by atoms with E-state index >= 15 is 0 Å². The van der Waals surface area contributed by atoms with Crippen molar-refractivity contribution >= 4 is 69.4 Å². The second-order valence-corrected chi connectivity index (χ2v) is 7.51. The van der Waals surface area contributed by atoms with Gasteiger partial charge in [-0.05, 0) is 48.1 Å². The van der Waals surface area contributed by atoms with Crippen molar-refractivity contribution in [2.75, 3.05) is 0 Å². The third-order valence-electron chi connectivity index (χ3n) is 3.29. The molecule has 1 aliphatic rings. The summed E-state index contributed by atoms with van der Waals surface area (Å²) >= 11 is 18.3. The zero-order valence-corrected chi connectivity index (χ0v) is 15.7. The van der Waals surface area contributed by atoms with Crippen LogP contribution in [0.1, 0.15) is 15.9 Å². The monoisotopic (exact) mass is 408 g/mol. The van der Waals surface area contributed by atoms with Gasteiger partial charge in [0.15, 0.2) is 4.32 Å². The number of amides is 2.